The third-order valence-electron chi connectivity index (χ3n) is 15.6. The van der Waals surface area contributed by atoms with Crippen LogP contribution in [0.15, 0.2) is 97.2 Å². The fraction of sp³-hybridized carbons (Fsp3) is 0.733. The molecule has 0 aromatic heterocycles. The molecule has 3 N–H and O–H groups in total. The number of carboxylic acids is 1. The summed E-state index contributed by atoms with van der Waals surface area (Å²) < 4.78 is 28.6. The summed E-state index contributed by atoms with van der Waals surface area (Å²) in [5.41, 5.74) is 0. The third-order valence-corrected chi connectivity index (χ3v) is 15.6. The molecule has 0 amide bonds. The van der Waals surface area contributed by atoms with Crippen molar-refractivity contribution in [2.24, 2.45) is 0 Å². The number of hydrogen-bond acceptors (Lipinski definition) is 11. The number of aliphatic hydroxyl groups excluding tert-OH is 2. The van der Waals surface area contributed by atoms with Crippen molar-refractivity contribution in [2.45, 2.75) is 340 Å². The molecule has 498 valence electrons. The number of allylic oxidation sites excluding steroid dienone is 16. The predicted octanol–water partition coefficient (Wildman–Crippen LogP) is 19.6. The van der Waals surface area contributed by atoms with E-state index in [2.05, 4.69) is 118 Å². The van der Waals surface area contributed by atoms with Crippen LogP contribution in [-0.2, 0) is 42.9 Å². The fourth-order valence-corrected chi connectivity index (χ4v) is 10.2. The van der Waals surface area contributed by atoms with E-state index in [1.165, 1.54) is 103 Å². The van der Waals surface area contributed by atoms with Gasteiger partial charge in [-0.1, -0.05) is 253 Å². The van der Waals surface area contributed by atoms with E-state index >= 15 is 0 Å². The van der Waals surface area contributed by atoms with E-state index < -0.39 is 67.3 Å². The average molecular weight is 1220 g/mol. The highest BCUT2D eigenvalue weighted by atomic mass is 16.7. The van der Waals surface area contributed by atoms with E-state index in [-0.39, 0.29) is 25.9 Å². The van der Waals surface area contributed by atoms with Crippen LogP contribution in [0.25, 0.3) is 0 Å². The molecule has 87 heavy (non-hydrogen) atoms. The maximum atomic E-state index is 13.2. The molecule has 1 rings (SSSR count). The first-order valence-electron chi connectivity index (χ1n) is 35.2. The van der Waals surface area contributed by atoms with Gasteiger partial charge in [0.2, 0.25) is 0 Å². The molecule has 1 aliphatic heterocycles. The molecule has 1 fully saturated rings. The molecule has 0 saturated carbocycles. The number of carboxylic acid groups (broad SMARTS) is 1. The van der Waals surface area contributed by atoms with Crippen molar-refractivity contribution >= 4 is 23.9 Å². The fourth-order valence-electron chi connectivity index (χ4n) is 10.2. The Balaban J connectivity index is 2.66. The number of aliphatic carboxylic acids is 1. The minimum atomic E-state index is -1.91. The molecule has 1 saturated heterocycles. The number of carbonyl (C=O) groups excluding carboxylic acids is 3. The van der Waals surface area contributed by atoms with E-state index in [9.17, 15) is 34.5 Å². The number of ether oxygens (including phenoxy) is 5. The Labute approximate surface area is 530 Å². The monoisotopic (exact) mass is 1220 g/mol. The summed E-state index contributed by atoms with van der Waals surface area (Å²) >= 11 is 0. The Hall–Kier alpha value is -4.36. The highest BCUT2D eigenvalue weighted by molar-refractivity contribution is 5.74. The molecule has 0 radical (unpaired) electrons. The van der Waals surface area contributed by atoms with Gasteiger partial charge in [0.25, 0.3) is 0 Å². The average Bonchev–Trinajstić information content (AvgIpc) is 2.56. The van der Waals surface area contributed by atoms with Crippen LogP contribution >= 0.6 is 0 Å². The maximum absolute atomic E-state index is 13.2. The van der Waals surface area contributed by atoms with Crippen molar-refractivity contribution in [2.75, 3.05) is 13.2 Å². The molecule has 6 unspecified atom stereocenters. The normalized spacial score (nSPS) is 17.9. The summed E-state index contributed by atoms with van der Waals surface area (Å²) in [6, 6.07) is 0. The van der Waals surface area contributed by atoms with Crippen molar-refractivity contribution in [3.8, 4) is 0 Å². The molecule has 6 atom stereocenters. The molecule has 12 heteroatoms. The highest BCUT2D eigenvalue weighted by Crippen LogP contribution is 2.27. The number of rotatable bonds is 60. The smallest absolute Gasteiger partial charge is 0.335 e. The number of hydrogen-bond donors (Lipinski definition) is 3. The summed E-state index contributed by atoms with van der Waals surface area (Å²) in [6.45, 7) is 5.93. The van der Waals surface area contributed by atoms with Crippen LogP contribution in [-0.4, -0.2) is 89.2 Å². The van der Waals surface area contributed by atoms with Gasteiger partial charge in [-0.15, -0.1) is 0 Å². The zero-order chi connectivity index (χ0) is 63.1. The van der Waals surface area contributed by atoms with E-state index in [1.807, 2.05) is 0 Å². The second-order valence-electron chi connectivity index (χ2n) is 23.8. The van der Waals surface area contributed by atoms with Crippen molar-refractivity contribution in [3.05, 3.63) is 97.2 Å². The SMILES string of the molecule is CCCCC/C=C\C/C=C\C/C=C\CCCCCCCCC(=O)OCC(COC1OC(C(=O)O)C(O)C(O)C1OC(=O)CCCCCCCCCCC/C=C\C/C=C\CCCCC)OC(=O)CCCCCCCC/C=C\C/C=C\C/C=C\CCCCC. The molecule has 0 aromatic carbocycles. The second-order valence-corrected chi connectivity index (χ2v) is 23.8. The van der Waals surface area contributed by atoms with Gasteiger partial charge in [0, 0.05) is 19.3 Å². The van der Waals surface area contributed by atoms with Crippen LogP contribution in [0.3, 0.4) is 0 Å². The number of unbranched alkanes of at least 4 members (excludes halogenated alkanes) is 30. The van der Waals surface area contributed by atoms with Crippen LogP contribution < -0.4 is 0 Å². The van der Waals surface area contributed by atoms with Crippen molar-refractivity contribution < 1.29 is 58.2 Å². The first-order chi connectivity index (χ1) is 42.6. The minimum Gasteiger partial charge on any atom is -0.479 e. The van der Waals surface area contributed by atoms with Crippen LogP contribution in [0.2, 0.25) is 0 Å². The Bertz CT molecular complexity index is 1880. The van der Waals surface area contributed by atoms with Gasteiger partial charge in [-0.25, -0.2) is 4.79 Å². The Morgan fingerprint density at radius 3 is 1.05 bits per heavy atom. The number of esters is 3. The summed E-state index contributed by atoms with van der Waals surface area (Å²) in [5.74, 6) is -3.15. The Morgan fingerprint density at radius 1 is 0.379 bits per heavy atom. The largest absolute Gasteiger partial charge is 0.479 e. The van der Waals surface area contributed by atoms with Crippen LogP contribution in [0.5, 0.6) is 0 Å². The summed E-state index contributed by atoms with van der Waals surface area (Å²) in [6.07, 6.45) is 70.6. The number of aliphatic hydroxyl groups is 2. The Morgan fingerprint density at radius 2 is 0.690 bits per heavy atom. The van der Waals surface area contributed by atoms with Gasteiger partial charge in [0.1, 0.15) is 18.8 Å². The zero-order valence-electron chi connectivity index (χ0n) is 55.2. The second kappa shape index (κ2) is 61.9. The molecule has 0 spiro atoms. The molecule has 1 heterocycles. The Kier molecular flexibility index (Phi) is 57.3. The third kappa shape index (κ3) is 51.1. The van der Waals surface area contributed by atoms with Gasteiger partial charge in [-0.2, -0.15) is 0 Å². The van der Waals surface area contributed by atoms with E-state index in [0.717, 1.165) is 141 Å². The molecule has 0 aliphatic carbocycles. The molecular weight excluding hydrogens is 1090 g/mol. The van der Waals surface area contributed by atoms with Gasteiger partial charge < -0.3 is 39.0 Å². The zero-order valence-corrected chi connectivity index (χ0v) is 55.2. The summed E-state index contributed by atoms with van der Waals surface area (Å²) in [7, 11) is 0. The lowest BCUT2D eigenvalue weighted by atomic mass is 9.98. The quantitative estimate of drug-likeness (QED) is 0.0228. The molecule has 12 nitrogen and oxygen atoms in total. The standard InChI is InChI=1S/C75H126O12/c1-4-7-10-13-16-19-22-25-28-31-34-37-40-43-46-49-52-55-58-61-67(76)83-64-66(85-68(77)62-59-56-53-50-47-44-41-38-35-32-29-26-23-20-17-14-11-8-5-2)65-84-75-73(71(80)70(79)72(87-75)74(81)82)86-69(78)63-60-57-54-51-48-45-42-39-36-33-30-27-24-21-18-15-12-9-6-3/h16-21,25-30,34-35,37-38,66,70-73,75,79-80H,4-15,22-24,31-33,36,39-65H2,1-3H3,(H,81,82)/b19-16-,20-17-,21-18-,28-25-,29-26-,30-27-,37-34-,38-35-. The van der Waals surface area contributed by atoms with Gasteiger partial charge in [-0.05, 0) is 128 Å². The van der Waals surface area contributed by atoms with Gasteiger partial charge >= 0.3 is 23.9 Å². The lowest BCUT2D eigenvalue weighted by Gasteiger charge is -2.40. The summed E-state index contributed by atoms with van der Waals surface area (Å²) in [5, 5.41) is 31.7. The van der Waals surface area contributed by atoms with Crippen molar-refractivity contribution in [1.82, 2.24) is 0 Å². The van der Waals surface area contributed by atoms with E-state index in [1.54, 1.807) is 0 Å². The van der Waals surface area contributed by atoms with Crippen molar-refractivity contribution in [1.29, 1.82) is 0 Å². The summed E-state index contributed by atoms with van der Waals surface area (Å²) in [4.78, 5) is 51.5. The molecule has 1 aliphatic rings. The van der Waals surface area contributed by atoms with Crippen LogP contribution in [0.1, 0.15) is 303 Å². The first-order valence-corrected chi connectivity index (χ1v) is 35.2. The lowest BCUT2D eigenvalue weighted by molar-refractivity contribution is -0.301. The molecule has 0 aromatic rings. The highest BCUT2D eigenvalue weighted by Gasteiger charge is 2.50. The van der Waals surface area contributed by atoms with Gasteiger partial charge in [0.15, 0.2) is 24.6 Å². The maximum Gasteiger partial charge on any atom is 0.335 e. The lowest BCUT2D eigenvalue weighted by Crippen LogP contribution is -2.61. The predicted molar refractivity (Wildman–Crippen MR) is 358 cm³/mol. The van der Waals surface area contributed by atoms with Crippen molar-refractivity contribution in [3.63, 3.8) is 0 Å². The molecular formula is C75H126O12. The van der Waals surface area contributed by atoms with E-state index in [0.29, 0.717) is 19.3 Å². The number of carbonyl (C=O) groups is 4. The minimum absolute atomic E-state index is 0.0495. The van der Waals surface area contributed by atoms with Gasteiger partial charge in [0.05, 0.1) is 6.61 Å². The van der Waals surface area contributed by atoms with Crippen LogP contribution in [0.4, 0.5) is 0 Å². The topological polar surface area (TPSA) is 175 Å². The molecule has 0 bridgehead atoms. The van der Waals surface area contributed by atoms with Crippen LogP contribution in [0, 0.1) is 0 Å². The van der Waals surface area contributed by atoms with Gasteiger partial charge in [-0.3, -0.25) is 14.4 Å². The van der Waals surface area contributed by atoms with E-state index in [4.69, 9.17) is 23.7 Å². The first kappa shape index (κ1) is 80.7.